The van der Waals surface area contributed by atoms with E-state index in [-0.39, 0.29) is 23.4 Å². The summed E-state index contributed by atoms with van der Waals surface area (Å²) in [5.41, 5.74) is 1.25. The van der Waals surface area contributed by atoms with E-state index in [0.29, 0.717) is 13.0 Å². The number of hydrogen-bond donors (Lipinski definition) is 0. The van der Waals surface area contributed by atoms with Crippen molar-refractivity contribution in [1.82, 2.24) is 4.90 Å². The van der Waals surface area contributed by atoms with Gasteiger partial charge in [0.15, 0.2) is 0 Å². The van der Waals surface area contributed by atoms with E-state index in [1.165, 1.54) is 5.56 Å². The van der Waals surface area contributed by atoms with Crippen LogP contribution in [0.3, 0.4) is 0 Å². The molecule has 1 aromatic rings. The maximum Gasteiger partial charge on any atom is 0.148 e. The highest BCUT2D eigenvalue weighted by atomic mass is 16.2. The molecule has 2 atom stereocenters. The van der Waals surface area contributed by atoms with Gasteiger partial charge in [0.2, 0.25) is 0 Å². The Balaban J connectivity index is 1.73. The van der Waals surface area contributed by atoms with Crippen LogP contribution in [0.4, 0.5) is 0 Å². The first-order valence-electron chi connectivity index (χ1n) is 6.57. The topological polar surface area (TPSA) is 37.4 Å². The summed E-state index contributed by atoms with van der Waals surface area (Å²) in [6.45, 7) is 2.27. The Labute approximate surface area is 107 Å². The smallest absolute Gasteiger partial charge is 0.148 e. The highest BCUT2D eigenvalue weighted by molar-refractivity contribution is 6.06. The third-order valence-electron chi connectivity index (χ3n) is 4.04. The van der Waals surface area contributed by atoms with Gasteiger partial charge in [-0.3, -0.25) is 14.5 Å². The molecule has 1 heterocycles. The Bertz CT molecular complexity index is 469. The number of piperidine rings is 1. The number of hydrogen-bond acceptors (Lipinski definition) is 3. The van der Waals surface area contributed by atoms with Crippen molar-refractivity contribution in [3.8, 4) is 0 Å². The van der Waals surface area contributed by atoms with E-state index in [2.05, 4.69) is 17.0 Å². The van der Waals surface area contributed by atoms with E-state index >= 15 is 0 Å². The average Bonchev–Trinajstić information content (AvgIpc) is 2.37. The molecular weight excluding hydrogens is 226 g/mol. The molecule has 0 radical (unpaired) electrons. The molecule has 1 aliphatic carbocycles. The molecule has 94 valence electrons. The molecule has 1 saturated heterocycles. The van der Waals surface area contributed by atoms with E-state index in [1.807, 2.05) is 18.2 Å². The normalized spacial score (nSPS) is 28.4. The third-order valence-corrected chi connectivity index (χ3v) is 4.04. The summed E-state index contributed by atoms with van der Waals surface area (Å²) in [7, 11) is 0. The Kier molecular flexibility index (Phi) is 3.00. The van der Waals surface area contributed by atoms with E-state index in [4.69, 9.17) is 0 Å². The van der Waals surface area contributed by atoms with Crippen LogP contribution in [0.1, 0.15) is 18.4 Å². The number of benzene rings is 1. The minimum absolute atomic E-state index is 0.0881. The van der Waals surface area contributed by atoms with Gasteiger partial charge in [-0.05, 0) is 12.0 Å². The van der Waals surface area contributed by atoms with E-state index in [0.717, 1.165) is 19.5 Å². The second kappa shape index (κ2) is 4.65. The van der Waals surface area contributed by atoms with Crippen LogP contribution >= 0.6 is 0 Å². The second-order valence-electron chi connectivity index (χ2n) is 5.34. The quantitative estimate of drug-likeness (QED) is 0.741. The van der Waals surface area contributed by atoms with E-state index in [1.54, 1.807) is 0 Å². The lowest BCUT2D eigenvalue weighted by molar-refractivity contribution is -0.144. The van der Waals surface area contributed by atoms with Crippen molar-refractivity contribution in [2.45, 2.75) is 19.4 Å². The predicted molar refractivity (Wildman–Crippen MR) is 67.9 cm³/mol. The number of rotatable bonds is 2. The molecule has 3 heteroatoms. The lowest BCUT2D eigenvalue weighted by Crippen LogP contribution is -2.52. The molecule has 2 aliphatic rings. The molecule has 2 unspecified atom stereocenters. The summed E-state index contributed by atoms with van der Waals surface area (Å²) in [5.74, 6) is 0.0796. The standard InChI is InChI=1S/C15H17NO2/c17-14-7-6-12-9-16(10-13(14)15(12)18)8-11-4-2-1-3-5-11/h1-5,12-13H,6-10H2. The highest BCUT2D eigenvalue weighted by Crippen LogP contribution is 2.30. The molecule has 3 rings (SSSR count). The van der Waals surface area contributed by atoms with Gasteiger partial charge in [0, 0.05) is 32.0 Å². The minimum Gasteiger partial charge on any atom is -0.299 e. The zero-order valence-corrected chi connectivity index (χ0v) is 10.3. The number of ketones is 2. The van der Waals surface area contributed by atoms with Gasteiger partial charge >= 0.3 is 0 Å². The maximum atomic E-state index is 12.0. The van der Waals surface area contributed by atoms with Crippen molar-refractivity contribution < 1.29 is 9.59 Å². The average molecular weight is 243 g/mol. The summed E-state index contributed by atoms with van der Waals surface area (Å²) < 4.78 is 0. The molecule has 1 aromatic carbocycles. The SMILES string of the molecule is O=C1CCC2CN(Cc3ccccc3)CC1C2=O. The Hall–Kier alpha value is -1.48. The molecular formula is C15H17NO2. The fraction of sp³-hybridized carbons (Fsp3) is 0.467. The summed E-state index contributed by atoms with van der Waals surface area (Å²) in [6, 6.07) is 10.2. The molecule has 1 saturated carbocycles. The number of likely N-dealkylation sites (tertiary alicyclic amines) is 1. The minimum atomic E-state index is -0.346. The van der Waals surface area contributed by atoms with Crippen LogP contribution in [0.5, 0.6) is 0 Å². The molecule has 3 nitrogen and oxygen atoms in total. The Morgan fingerprint density at radius 3 is 2.67 bits per heavy atom. The van der Waals surface area contributed by atoms with E-state index in [9.17, 15) is 9.59 Å². The van der Waals surface area contributed by atoms with Crippen molar-refractivity contribution in [3.63, 3.8) is 0 Å². The van der Waals surface area contributed by atoms with Gasteiger partial charge in [-0.25, -0.2) is 0 Å². The van der Waals surface area contributed by atoms with Crippen LogP contribution in [0, 0.1) is 11.8 Å². The summed E-state index contributed by atoms with van der Waals surface area (Å²) in [4.78, 5) is 26.0. The number of fused-ring (bicyclic) bond motifs is 2. The van der Waals surface area contributed by atoms with Crippen LogP contribution in [-0.4, -0.2) is 29.6 Å². The fourth-order valence-electron chi connectivity index (χ4n) is 3.06. The highest BCUT2D eigenvalue weighted by Gasteiger charge is 2.42. The van der Waals surface area contributed by atoms with Gasteiger partial charge in [-0.1, -0.05) is 30.3 Å². The Morgan fingerprint density at radius 1 is 1.11 bits per heavy atom. The first-order chi connectivity index (χ1) is 8.74. The van der Waals surface area contributed by atoms with Crippen LogP contribution in [-0.2, 0) is 16.1 Å². The molecule has 18 heavy (non-hydrogen) atoms. The molecule has 0 N–H and O–H groups in total. The zero-order valence-electron chi connectivity index (χ0n) is 10.3. The van der Waals surface area contributed by atoms with Crippen LogP contribution < -0.4 is 0 Å². The number of nitrogens with zero attached hydrogens (tertiary/aromatic N) is 1. The monoisotopic (exact) mass is 243 g/mol. The van der Waals surface area contributed by atoms with Crippen molar-refractivity contribution in [3.05, 3.63) is 35.9 Å². The molecule has 1 aliphatic heterocycles. The fourth-order valence-corrected chi connectivity index (χ4v) is 3.06. The van der Waals surface area contributed by atoms with Crippen molar-refractivity contribution in [2.75, 3.05) is 13.1 Å². The molecule has 0 spiro atoms. The second-order valence-corrected chi connectivity index (χ2v) is 5.34. The zero-order chi connectivity index (χ0) is 12.5. The van der Waals surface area contributed by atoms with Crippen molar-refractivity contribution >= 4 is 11.6 Å². The van der Waals surface area contributed by atoms with Gasteiger partial charge in [0.05, 0.1) is 5.92 Å². The molecule has 2 bridgehead atoms. The number of carbonyl (C=O) groups is 2. The van der Waals surface area contributed by atoms with Gasteiger partial charge in [-0.2, -0.15) is 0 Å². The van der Waals surface area contributed by atoms with Crippen molar-refractivity contribution in [2.24, 2.45) is 11.8 Å². The van der Waals surface area contributed by atoms with Gasteiger partial charge in [0.1, 0.15) is 11.6 Å². The summed E-state index contributed by atoms with van der Waals surface area (Å²) in [6.07, 6.45) is 1.35. The van der Waals surface area contributed by atoms with Gasteiger partial charge in [-0.15, -0.1) is 0 Å². The van der Waals surface area contributed by atoms with Gasteiger partial charge < -0.3 is 0 Å². The van der Waals surface area contributed by atoms with Crippen LogP contribution in [0.25, 0.3) is 0 Å². The predicted octanol–water partition coefficient (Wildman–Crippen LogP) is 1.67. The van der Waals surface area contributed by atoms with Gasteiger partial charge in [0.25, 0.3) is 0 Å². The Morgan fingerprint density at radius 2 is 1.89 bits per heavy atom. The third kappa shape index (κ3) is 2.10. The molecule has 2 fully saturated rings. The largest absolute Gasteiger partial charge is 0.299 e. The molecule has 0 amide bonds. The first kappa shape index (κ1) is 11.6. The number of Topliss-reactive ketones (excluding diaryl/α,β-unsaturated/α-hetero) is 2. The van der Waals surface area contributed by atoms with E-state index < -0.39 is 0 Å². The maximum absolute atomic E-state index is 12.0. The number of carbonyl (C=O) groups excluding carboxylic acids is 2. The first-order valence-corrected chi connectivity index (χ1v) is 6.57. The van der Waals surface area contributed by atoms with Crippen LogP contribution in [0.2, 0.25) is 0 Å². The summed E-state index contributed by atoms with van der Waals surface area (Å²) >= 11 is 0. The molecule has 0 aromatic heterocycles. The summed E-state index contributed by atoms with van der Waals surface area (Å²) in [5, 5.41) is 0. The lowest BCUT2D eigenvalue weighted by atomic mass is 9.76. The van der Waals surface area contributed by atoms with Crippen LogP contribution in [0.15, 0.2) is 30.3 Å². The van der Waals surface area contributed by atoms with Crippen molar-refractivity contribution in [1.29, 1.82) is 0 Å². The lowest BCUT2D eigenvalue weighted by Gasteiger charge is -2.39.